The van der Waals surface area contributed by atoms with Gasteiger partial charge in [-0.25, -0.2) is 13.6 Å². The van der Waals surface area contributed by atoms with Gasteiger partial charge in [-0.05, 0) is 0 Å². The van der Waals surface area contributed by atoms with Crippen LogP contribution in [0.4, 0.5) is 5.95 Å². The third-order valence-electron chi connectivity index (χ3n) is 2.74. The fourth-order valence-corrected chi connectivity index (χ4v) is 2.45. The van der Waals surface area contributed by atoms with Crippen LogP contribution in [0.3, 0.4) is 0 Å². The highest BCUT2D eigenvalue weighted by molar-refractivity contribution is 7.89. The van der Waals surface area contributed by atoms with E-state index in [0.717, 1.165) is 4.90 Å². The Labute approximate surface area is 115 Å². The van der Waals surface area contributed by atoms with Crippen molar-refractivity contribution in [3.63, 3.8) is 0 Å². The van der Waals surface area contributed by atoms with Crippen molar-refractivity contribution in [2.75, 3.05) is 25.7 Å². The minimum absolute atomic E-state index is 0.0372. The fraction of sp³-hybridized carbons (Fsp3) is 0.556. The summed E-state index contributed by atoms with van der Waals surface area (Å²) >= 11 is 0. The van der Waals surface area contributed by atoms with Gasteiger partial charge >= 0.3 is 12.0 Å². The number of methoxy groups -OCH3 is 2. The molecule has 1 aromatic rings. The van der Waals surface area contributed by atoms with Gasteiger partial charge in [-0.2, -0.15) is 9.97 Å². The molecule has 2 heterocycles. The van der Waals surface area contributed by atoms with E-state index >= 15 is 0 Å². The lowest BCUT2D eigenvalue weighted by Crippen LogP contribution is -2.33. The number of aromatic nitrogens is 3. The molecular weight excluding hydrogens is 290 g/mol. The van der Waals surface area contributed by atoms with Gasteiger partial charge in [0.25, 0.3) is 0 Å². The molecule has 1 fully saturated rings. The van der Waals surface area contributed by atoms with Gasteiger partial charge in [-0.1, -0.05) is 0 Å². The highest BCUT2D eigenvalue weighted by Gasteiger charge is 2.38. The molecule has 0 saturated carbocycles. The van der Waals surface area contributed by atoms with Gasteiger partial charge in [-0.3, -0.25) is 9.69 Å². The Morgan fingerprint density at radius 2 is 1.75 bits per heavy atom. The summed E-state index contributed by atoms with van der Waals surface area (Å²) in [4.78, 5) is 24.5. The van der Waals surface area contributed by atoms with Gasteiger partial charge in [0.05, 0.1) is 14.2 Å². The molecule has 1 atom stereocenters. The van der Waals surface area contributed by atoms with E-state index in [4.69, 9.17) is 14.6 Å². The number of amides is 1. The standard InChI is InChI=1S/C9H13N5O5S/c1-18-8-11-7(12-9(13-8)19-2)14-4-5(3-6(14)15)20(10,16)17/h5H,3-4H2,1-2H3,(H2,10,16,17). The van der Waals surface area contributed by atoms with Gasteiger partial charge in [0.15, 0.2) is 0 Å². The summed E-state index contributed by atoms with van der Waals surface area (Å²) in [6.07, 6.45) is -0.213. The maximum Gasteiger partial charge on any atom is 0.324 e. The van der Waals surface area contributed by atoms with Gasteiger partial charge in [0.2, 0.25) is 21.9 Å². The number of rotatable bonds is 4. The van der Waals surface area contributed by atoms with Crippen LogP contribution >= 0.6 is 0 Å². The Kier molecular flexibility index (Phi) is 3.72. The summed E-state index contributed by atoms with van der Waals surface area (Å²) in [6, 6.07) is -0.0857. The molecule has 20 heavy (non-hydrogen) atoms. The lowest BCUT2D eigenvalue weighted by atomic mass is 10.4. The van der Waals surface area contributed by atoms with Gasteiger partial charge in [-0.15, -0.1) is 4.98 Å². The van der Waals surface area contributed by atoms with Crippen LogP contribution in [-0.2, 0) is 14.8 Å². The molecule has 2 N–H and O–H groups in total. The molecule has 1 aliphatic rings. The zero-order chi connectivity index (χ0) is 14.9. The molecule has 0 radical (unpaired) electrons. The number of ether oxygens (including phenoxy) is 2. The van der Waals surface area contributed by atoms with Crippen molar-refractivity contribution in [3.8, 4) is 12.0 Å². The van der Waals surface area contributed by atoms with Crippen LogP contribution in [0.25, 0.3) is 0 Å². The minimum Gasteiger partial charge on any atom is -0.467 e. The molecule has 0 bridgehead atoms. The summed E-state index contributed by atoms with van der Waals surface area (Å²) in [6.45, 7) is -0.117. The van der Waals surface area contributed by atoms with E-state index in [1.165, 1.54) is 14.2 Å². The van der Waals surface area contributed by atoms with Crippen molar-refractivity contribution < 1.29 is 22.7 Å². The molecule has 1 unspecified atom stereocenters. The second kappa shape index (κ2) is 5.17. The largest absolute Gasteiger partial charge is 0.467 e. The van der Waals surface area contributed by atoms with Crippen LogP contribution in [0, 0.1) is 0 Å². The Balaban J connectivity index is 2.34. The number of nitrogens with zero attached hydrogens (tertiary/aromatic N) is 4. The fourth-order valence-electron chi connectivity index (χ4n) is 1.72. The van der Waals surface area contributed by atoms with E-state index in [1.807, 2.05) is 0 Å². The van der Waals surface area contributed by atoms with Crippen molar-refractivity contribution in [2.45, 2.75) is 11.7 Å². The third kappa shape index (κ3) is 2.77. The first-order valence-electron chi connectivity index (χ1n) is 5.51. The number of anilines is 1. The van der Waals surface area contributed by atoms with Crippen molar-refractivity contribution in [2.24, 2.45) is 5.14 Å². The Morgan fingerprint density at radius 3 is 2.15 bits per heavy atom. The molecule has 1 saturated heterocycles. The zero-order valence-electron chi connectivity index (χ0n) is 10.8. The molecule has 2 rings (SSSR count). The highest BCUT2D eigenvalue weighted by atomic mass is 32.2. The average Bonchev–Trinajstić information content (AvgIpc) is 2.80. The molecule has 0 aromatic carbocycles. The maximum absolute atomic E-state index is 11.9. The van der Waals surface area contributed by atoms with Crippen LogP contribution in [0.1, 0.15) is 6.42 Å². The second-order valence-corrected chi connectivity index (χ2v) is 5.87. The number of nitrogens with two attached hydrogens (primary N) is 1. The van der Waals surface area contributed by atoms with Crippen molar-refractivity contribution >= 4 is 21.9 Å². The Hall–Kier alpha value is -2.01. The van der Waals surface area contributed by atoms with Crippen LogP contribution in [-0.4, -0.2) is 55.3 Å². The molecule has 1 aromatic heterocycles. The first kappa shape index (κ1) is 14.4. The summed E-state index contributed by atoms with van der Waals surface area (Å²) in [5, 5.41) is 4.06. The second-order valence-electron chi connectivity index (χ2n) is 4.03. The zero-order valence-corrected chi connectivity index (χ0v) is 11.6. The van der Waals surface area contributed by atoms with Gasteiger partial charge in [0.1, 0.15) is 5.25 Å². The lowest BCUT2D eigenvalue weighted by Gasteiger charge is -2.14. The van der Waals surface area contributed by atoms with E-state index in [1.54, 1.807) is 0 Å². The monoisotopic (exact) mass is 303 g/mol. The SMILES string of the molecule is COc1nc(OC)nc(N2CC(S(N)(=O)=O)CC2=O)n1. The predicted octanol–water partition coefficient (Wildman–Crippen LogP) is -1.72. The van der Waals surface area contributed by atoms with E-state index in [2.05, 4.69) is 15.0 Å². The number of carbonyl (C=O) groups is 1. The van der Waals surface area contributed by atoms with E-state index in [9.17, 15) is 13.2 Å². The summed E-state index contributed by atoms with van der Waals surface area (Å²) < 4.78 is 32.3. The van der Waals surface area contributed by atoms with Crippen LogP contribution in [0.5, 0.6) is 12.0 Å². The topological polar surface area (TPSA) is 138 Å². The average molecular weight is 303 g/mol. The van der Waals surface area contributed by atoms with E-state index in [-0.39, 0.29) is 30.9 Å². The lowest BCUT2D eigenvalue weighted by molar-refractivity contribution is -0.117. The van der Waals surface area contributed by atoms with E-state index in [0.29, 0.717) is 0 Å². The normalized spacial score (nSPS) is 19.2. The molecule has 110 valence electrons. The molecule has 1 amide bonds. The third-order valence-corrected chi connectivity index (χ3v) is 3.99. The maximum atomic E-state index is 11.9. The summed E-state index contributed by atoms with van der Waals surface area (Å²) in [7, 11) is -1.11. The molecule has 1 aliphatic heterocycles. The Bertz CT molecular complexity index is 611. The quantitative estimate of drug-likeness (QED) is 0.693. The molecule has 0 spiro atoms. The molecule has 10 nitrogen and oxygen atoms in total. The van der Waals surface area contributed by atoms with Crippen LogP contribution in [0.2, 0.25) is 0 Å². The smallest absolute Gasteiger partial charge is 0.324 e. The van der Waals surface area contributed by atoms with Crippen molar-refractivity contribution in [1.82, 2.24) is 15.0 Å². The van der Waals surface area contributed by atoms with Gasteiger partial charge < -0.3 is 9.47 Å². The van der Waals surface area contributed by atoms with Crippen LogP contribution in [0.15, 0.2) is 0 Å². The highest BCUT2D eigenvalue weighted by Crippen LogP contribution is 2.23. The first-order chi connectivity index (χ1) is 9.35. The van der Waals surface area contributed by atoms with Crippen LogP contribution < -0.4 is 19.5 Å². The van der Waals surface area contributed by atoms with E-state index < -0.39 is 21.2 Å². The predicted molar refractivity (Wildman–Crippen MR) is 66.8 cm³/mol. The number of primary sulfonamides is 1. The Morgan fingerprint density at radius 1 is 1.20 bits per heavy atom. The molecule has 11 heteroatoms. The molecule has 0 aliphatic carbocycles. The number of carbonyl (C=O) groups excluding carboxylic acids is 1. The molecular formula is C9H13N5O5S. The summed E-state index contributed by atoms with van der Waals surface area (Å²) in [5.41, 5.74) is 0. The number of hydrogen-bond acceptors (Lipinski definition) is 8. The first-order valence-corrected chi connectivity index (χ1v) is 7.12. The summed E-state index contributed by atoms with van der Waals surface area (Å²) in [5.74, 6) is -0.482. The minimum atomic E-state index is -3.80. The van der Waals surface area contributed by atoms with Crippen molar-refractivity contribution in [1.29, 1.82) is 0 Å². The number of hydrogen-bond donors (Lipinski definition) is 1. The van der Waals surface area contributed by atoms with Gasteiger partial charge in [0, 0.05) is 13.0 Å². The number of sulfonamides is 1. The van der Waals surface area contributed by atoms with Crippen molar-refractivity contribution in [3.05, 3.63) is 0 Å².